The fourth-order valence-electron chi connectivity index (χ4n) is 1.80. The van der Waals surface area contributed by atoms with Crippen LogP contribution in [0.15, 0.2) is 36.4 Å². The summed E-state index contributed by atoms with van der Waals surface area (Å²) in [4.78, 5) is 10.7. The van der Waals surface area contributed by atoms with Crippen molar-refractivity contribution in [1.82, 2.24) is 0 Å². The zero-order chi connectivity index (χ0) is 14.7. The van der Waals surface area contributed by atoms with Crippen molar-refractivity contribution in [1.29, 1.82) is 0 Å². The number of ether oxygens (including phenoxy) is 1. The van der Waals surface area contributed by atoms with Crippen molar-refractivity contribution in [3.8, 4) is 11.5 Å². The third-order valence-electron chi connectivity index (χ3n) is 2.81. The maximum atomic E-state index is 11.2. The van der Waals surface area contributed by atoms with Gasteiger partial charge in [0.15, 0.2) is 0 Å². The van der Waals surface area contributed by atoms with E-state index < -0.39 is 4.92 Å². The number of para-hydroxylation sites is 1. The van der Waals surface area contributed by atoms with E-state index in [4.69, 9.17) is 16.3 Å². The van der Waals surface area contributed by atoms with Crippen molar-refractivity contribution in [2.24, 2.45) is 0 Å². The topological polar surface area (TPSA) is 64.4 Å². The first-order chi connectivity index (χ1) is 9.52. The predicted octanol–water partition coefficient (Wildman–Crippen LogP) is 4.39. The quantitative estimate of drug-likeness (QED) is 0.670. The molecular formula is C14H13ClN2O3. The maximum Gasteiger partial charge on any atom is 0.334 e. The highest BCUT2D eigenvalue weighted by Crippen LogP contribution is 2.37. The van der Waals surface area contributed by atoms with Crippen molar-refractivity contribution in [3.63, 3.8) is 0 Å². The molecule has 5 nitrogen and oxygen atoms in total. The highest BCUT2D eigenvalue weighted by molar-refractivity contribution is 6.31. The van der Waals surface area contributed by atoms with E-state index in [0.717, 1.165) is 5.56 Å². The molecule has 0 aromatic heterocycles. The first-order valence-electron chi connectivity index (χ1n) is 5.92. The molecule has 2 rings (SSSR count). The highest BCUT2D eigenvalue weighted by Gasteiger charge is 2.20. The third-order valence-corrected chi connectivity index (χ3v) is 3.23. The van der Waals surface area contributed by atoms with Crippen molar-refractivity contribution in [2.75, 3.05) is 12.4 Å². The van der Waals surface area contributed by atoms with Crippen LogP contribution in [0.5, 0.6) is 11.5 Å². The number of benzene rings is 2. The summed E-state index contributed by atoms with van der Waals surface area (Å²) in [5, 5.41) is 14.6. The van der Waals surface area contributed by atoms with Gasteiger partial charge in [-0.05, 0) is 42.8 Å². The Bertz CT molecular complexity index is 659. The molecule has 0 saturated heterocycles. The molecule has 0 atom stereocenters. The van der Waals surface area contributed by atoms with E-state index in [1.807, 2.05) is 6.92 Å². The number of halogens is 1. The fraction of sp³-hybridized carbons (Fsp3) is 0.143. The molecule has 0 saturated carbocycles. The van der Waals surface area contributed by atoms with Crippen LogP contribution in [0.3, 0.4) is 0 Å². The van der Waals surface area contributed by atoms with E-state index in [0.29, 0.717) is 16.5 Å². The third kappa shape index (κ3) is 2.83. The predicted molar refractivity (Wildman–Crippen MR) is 78.9 cm³/mol. The average molecular weight is 293 g/mol. The Labute approximate surface area is 121 Å². The van der Waals surface area contributed by atoms with Gasteiger partial charge in [-0.25, -0.2) is 0 Å². The monoisotopic (exact) mass is 292 g/mol. The standard InChI is InChI=1S/C14H13ClN2O3/c1-9-8-10(6-7-11(9)15)20-13-5-3-4-12(16-2)14(13)17(18)19/h3-8,16H,1-2H3. The van der Waals surface area contributed by atoms with E-state index in [-0.39, 0.29) is 11.4 Å². The SMILES string of the molecule is CNc1cccc(Oc2ccc(Cl)c(C)c2)c1[N+](=O)[O-]. The second-order valence-corrected chi connectivity index (χ2v) is 4.58. The first kappa shape index (κ1) is 14.1. The van der Waals surface area contributed by atoms with E-state index in [1.165, 1.54) is 0 Å². The van der Waals surface area contributed by atoms with Gasteiger partial charge in [0.25, 0.3) is 0 Å². The number of nitrogens with zero attached hydrogens (tertiary/aromatic N) is 1. The van der Waals surface area contributed by atoms with Crippen molar-refractivity contribution >= 4 is 23.0 Å². The number of nitro benzene ring substituents is 1. The summed E-state index contributed by atoms with van der Waals surface area (Å²) >= 11 is 5.94. The molecule has 0 unspecified atom stereocenters. The molecule has 0 aliphatic carbocycles. The lowest BCUT2D eigenvalue weighted by atomic mass is 10.2. The summed E-state index contributed by atoms with van der Waals surface area (Å²) in [7, 11) is 1.62. The minimum atomic E-state index is -0.468. The number of nitrogens with one attached hydrogen (secondary N) is 1. The van der Waals surface area contributed by atoms with E-state index >= 15 is 0 Å². The number of hydrogen-bond acceptors (Lipinski definition) is 4. The largest absolute Gasteiger partial charge is 0.450 e. The molecule has 0 amide bonds. The molecule has 0 fully saturated rings. The van der Waals surface area contributed by atoms with Crippen LogP contribution in [0.4, 0.5) is 11.4 Å². The van der Waals surface area contributed by atoms with E-state index in [2.05, 4.69) is 5.32 Å². The minimum Gasteiger partial charge on any atom is -0.450 e. The van der Waals surface area contributed by atoms with Gasteiger partial charge in [-0.1, -0.05) is 17.7 Å². The minimum absolute atomic E-state index is 0.0948. The van der Waals surface area contributed by atoms with Gasteiger partial charge in [-0.2, -0.15) is 0 Å². The van der Waals surface area contributed by atoms with Crippen LogP contribution in [0.1, 0.15) is 5.56 Å². The highest BCUT2D eigenvalue weighted by atomic mass is 35.5. The van der Waals surface area contributed by atoms with Crippen molar-refractivity contribution in [3.05, 3.63) is 57.1 Å². The molecule has 104 valence electrons. The Morgan fingerprint density at radius 3 is 2.65 bits per heavy atom. The molecule has 2 aromatic carbocycles. The normalized spacial score (nSPS) is 10.2. The van der Waals surface area contributed by atoms with Crippen molar-refractivity contribution < 1.29 is 9.66 Å². The number of anilines is 1. The Morgan fingerprint density at radius 2 is 2.05 bits per heavy atom. The van der Waals surface area contributed by atoms with Crippen LogP contribution >= 0.6 is 11.6 Å². The summed E-state index contributed by atoms with van der Waals surface area (Å²) in [5.41, 5.74) is 1.15. The summed E-state index contributed by atoms with van der Waals surface area (Å²) in [6.45, 7) is 1.84. The second kappa shape index (κ2) is 5.79. The molecule has 0 heterocycles. The van der Waals surface area contributed by atoms with Gasteiger partial charge < -0.3 is 10.1 Å². The van der Waals surface area contributed by atoms with Gasteiger partial charge in [0.05, 0.1) is 4.92 Å². The lowest BCUT2D eigenvalue weighted by Gasteiger charge is -2.10. The zero-order valence-electron chi connectivity index (χ0n) is 11.0. The Kier molecular flexibility index (Phi) is 4.10. The smallest absolute Gasteiger partial charge is 0.334 e. The maximum absolute atomic E-state index is 11.2. The number of hydrogen-bond donors (Lipinski definition) is 1. The van der Waals surface area contributed by atoms with Crippen LogP contribution in [-0.4, -0.2) is 12.0 Å². The molecule has 0 aliphatic rings. The lowest BCUT2D eigenvalue weighted by Crippen LogP contribution is -1.99. The molecule has 2 aromatic rings. The van der Waals surface area contributed by atoms with Crippen LogP contribution in [0.2, 0.25) is 5.02 Å². The Hall–Kier alpha value is -2.27. The Morgan fingerprint density at radius 1 is 1.30 bits per heavy atom. The van der Waals surface area contributed by atoms with Gasteiger partial charge in [-0.15, -0.1) is 0 Å². The molecule has 0 aliphatic heterocycles. The van der Waals surface area contributed by atoms with Gasteiger partial charge in [-0.3, -0.25) is 10.1 Å². The average Bonchev–Trinajstić information content (AvgIpc) is 2.42. The van der Waals surface area contributed by atoms with Crippen LogP contribution in [0, 0.1) is 17.0 Å². The fourth-order valence-corrected chi connectivity index (χ4v) is 1.92. The van der Waals surface area contributed by atoms with Gasteiger partial charge in [0.1, 0.15) is 11.4 Å². The van der Waals surface area contributed by atoms with Crippen molar-refractivity contribution in [2.45, 2.75) is 6.92 Å². The van der Waals surface area contributed by atoms with Gasteiger partial charge in [0.2, 0.25) is 5.75 Å². The summed E-state index contributed by atoms with van der Waals surface area (Å²) in [5.74, 6) is 0.687. The molecule has 0 radical (unpaired) electrons. The number of rotatable bonds is 4. The van der Waals surface area contributed by atoms with Gasteiger partial charge >= 0.3 is 5.69 Å². The molecule has 0 spiro atoms. The lowest BCUT2D eigenvalue weighted by molar-refractivity contribution is -0.384. The van der Waals surface area contributed by atoms with Crippen LogP contribution in [0.25, 0.3) is 0 Å². The summed E-state index contributed by atoms with van der Waals surface area (Å²) < 4.78 is 5.61. The molecule has 20 heavy (non-hydrogen) atoms. The van der Waals surface area contributed by atoms with Crippen LogP contribution < -0.4 is 10.1 Å². The second-order valence-electron chi connectivity index (χ2n) is 4.17. The van der Waals surface area contributed by atoms with E-state index in [1.54, 1.807) is 43.4 Å². The number of aryl methyl sites for hydroxylation is 1. The summed E-state index contributed by atoms with van der Waals surface area (Å²) in [6.07, 6.45) is 0. The van der Waals surface area contributed by atoms with Crippen LogP contribution in [-0.2, 0) is 0 Å². The molecule has 0 bridgehead atoms. The summed E-state index contributed by atoms with van der Waals surface area (Å²) in [6, 6.07) is 9.97. The van der Waals surface area contributed by atoms with Gasteiger partial charge in [0, 0.05) is 12.1 Å². The first-order valence-corrected chi connectivity index (χ1v) is 6.30. The Balaban J connectivity index is 2.42. The zero-order valence-corrected chi connectivity index (χ0v) is 11.8. The molecule has 1 N–H and O–H groups in total. The number of nitro groups is 1. The molecule has 6 heteroatoms. The molecular weight excluding hydrogens is 280 g/mol. The van der Waals surface area contributed by atoms with E-state index in [9.17, 15) is 10.1 Å².